The third-order valence-corrected chi connectivity index (χ3v) is 5.98. The first-order chi connectivity index (χ1) is 9.72. The van der Waals surface area contributed by atoms with Gasteiger partial charge in [0.1, 0.15) is 0 Å². The minimum atomic E-state index is 0.241. The molecule has 0 spiro atoms. The van der Waals surface area contributed by atoms with Gasteiger partial charge in [-0.05, 0) is 56.1 Å². The maximum Gasteiger partial charge on any atom is 0.223 e. The molecule has 0 radical (unpaired) electrons. The Bertz CT molecular complexity index is 521. The Morgan fingerprint density at radius 3 is 2.95 bits per heavy atom. The van der Waals surface area contributed by atoms with Gasteiger partial charge in [-0.25, -0.2) is 0 Å². The SMILES string of the molecule is C[C@H]1c2cccn2CCN1C(=O)C[C@H]1C[C@H]2CC[C@H]1C2. The van der Waals surface area contributed by atoms with E-state index in [0.29, 0.717) is 11.8 Å². The van der Waals surface area contributed by atoms with Crippen molar-refractivity contribution in [2.45, 2.75) is 51.6 Å². The van der Waals surface area contributed by atoms with Crippen LogP contribution in [0.5, 0.6) is 0 Å². The summed E-state index contributed by atoms with van der Waals surface area (Å²) in [4.78, 5) is 14.8. The highest BCUT2D eigenvalue weighted by molar-refractivity contribution is 5.77. The predicted octanol–water partition coefficient (Wildman–Crippen LogP) is 3.22. The number of carbonyl (C=O) groups is 1. The first-order valence-electron chi connectivity index (χ1n) is 8.17. The van der Waals surface area contributed by atoms with Gasteiger partial charge in [-0.15, -0.1) is 0 Å². The van der Waals surface area contributed by atoms with Gasteiger partial charge in [-0.3, -0.25) is 4.79 Å². The van der Waals surface area contributed by atoms with Crippen LogP contribution in [0, 0.1) is 17.8 Å². The molecule has 4 rings (SSSR count). The highest BCUT2D eigenvalue weighted by Gasteiger charge is 2.41. The van der Waals surface area contributed by atoms with Gasteiger partial charge >= 0.3 is 0 Å². The molecule has 0 saturated heterocycles. The molecule has 0 aromatic carbocycles. The highest BCUT2D eigenvalue weighted by atomic mass is 16.2. The zero-order chi connectivity index (χ0) is 13.7. The molecule has 1 aromatic rings. The average molecular weight is 272 g/mol. The normalized spacial score (nSPS) is 35.4. The smallest absolute Gasteiger partial charge is 0.223 e. The fourth-order valence-corrected chi connectivity index (χ4v) is 4.89. The van der Waals surface area contributed by atoms with E-state index >= 15 is 0 Å². The highest BCUT2D eigenvalue weighted by Crippen LogP contribution is 2.49. The van der Waals surface area contributed by atoms with Crippen molar-refractivity contribution in [1.82, 2.24) is 9.47 Å². The predicted molar refractivity (Wildman–Crippen MR) is 78.1 cm³/mol. The summed E-state index contributed by atoms with van der Waals surface area (Å²) in [6.07, 6.45) is 8.44. The largest absolute Gasteiger partial charge is 0.348 e. The average Bonchev–Trinajstić information content (AvgIpc) is 3.14. The van der Waals surface area contributed by atoms with Crippen molar-refractivity contribution >= 4 is 5.91 Å². The monoisotopic (exact) mass is 272 g/mol. The van der Waals surface area contributed by atoms with E-state index in [1.54, 1.807) is 0 Å². The second kappa shape index (κ2) is 4.64. The van der Waals surface area contributed by atoms with E-state index in [9.17, 15) is 4.79 Å². The van der Waals surface area contributed by atoms with E-state index < -0.39 is 0 Å². The molecule has 3 heteroatoms. The number of carbonyl (C=O) groups excluding carboxylic acids is 1. The van der Waals surface area contributed by atoms with Crippen LogP contribution in [0.3, 0.4) is 0 Å². The van der Waals surface area contributed by atoms with Crippen molar-refractivity contribution in [3.63, 3.8) is 0 Å². The van der Waals surface area contributed by atoms with Crippen LogP contribution in [0.2, 0.25) is 0 Å². The number of fused-ring (bicyclic) bond motifs is 3. The van der Waals surface area contributed by atoms with E-state index in [1.807, 2.05) is 0 Å². The molecule has 2 heterocycles. The molecule has 2 bridgehead atoms. The molecule has 1 amide bonds. The Kier molecular flexibility index (Phi) is 2.90. The Balaban J connectivity index is 1.44. The molecule has 0 unspecified atom stereocenters. The zero-order valence-electron chi connectivity index (χ0n) is 12.3. The summed E-state index contributed by atoms with van der Waals surface area (Å²) in [5.41, 5.74) is 1.29. The number of rotatable bonds is 2. The number of nitrogens with zero attached hydrogens (tertiary/aromatic N) is 2. The first-order valence-corrected chi connectivity index (χ1v) is 8.17. The minimum absolute atomic E-state index is 0.241. The molecule has 3 aliphatic rings. The van der Waals surface area contributed by atoms with Crippen molar-refractivity contribution in [2.75, 3.05) is 6.54 Å². The topological polar surface area (TPSA) is 25.2 Å². The maximum atomic E-state index is 12.7. The van der Waals surface area contributed by atoms with Crippen molar-refractivity contribution in [3.05, 3.63) is 24.0 Å². The Morgan fingerprint density at radius 1 is 1.30 bits per heavy atom. The number of amides is 1. The van der Waals surface area contributed by atoms with Crippen LogP contribution in [0.4, 0.5) is 0 Å². The summed E-state index contributed by atoms with van der Waals surface area (Å²) in [6, 6.07) is 4.49. The van der Waals surface area contributed by atoms with E-state index in [2.05, 4.69) is 34.7 Å². The van der Waals surface area contributed by atoms with Gasteiger partial charge in [-0.1, -0.05) is 6.42 Å². The van der Waals surface area contributed by atoms with Crippen LogP contribution in [0.1, 0.15) is 50.8 Å². The maximum absolute atomic E-state index is 12.7. The van der Waals surface area contributed by atoms with Gasteiger partial charge in [-0.2, -0.15) is 0 Å². The van der Waals surface area contributed by atoms with Crippen LogP contribution in [0.15, 0.2) is 18.3 Å². The quantitative estimate of drug-likeness (QED) is 0.811. The lowest BCUT2D eigenvalue weighted by Gasteiger charge is -2.36. The lowest BCUT2D eigenvalue weighted by molar-refractivity contribution is -0.135. The van der Waals surface area contributed by atoms with E-state index in [1.165, 1.54) is 31.4 Å². The molecule has 4 atom stereocenters. The molecule has 2 saturated carbocycles. The standard InChI is InChI=1S/C17H24N2O/c1-12-16-3-2-6-18(16)7-8-19(12)17(20)11-15-10-13-4-5-14(15)9-13/h2-3,6,12-15H,4-5,7-11H2,1H3/t12-,13-,14-,15+/m0/s1. The van der Waals surface area contributed by atoms with Gasteiger partial charge in [0.2, 0.25) is 5.91 Å². The molecular weight excluding hydrogens is 248 g/mol. The molecule has 20 heavy (non-hydrogen) atoms. The summed E-state index contributed by atoms with van der Waals surface area (Å²) in [6.45, 7) is 4.00. The lowest BCUT2D eigenvalue weighted by Crippen LogP contribution is -2.41. The summed E-state index contributed by atoms with van der Waals surface area (Å²) < 4.78 is 2.28. The first kappa shape index (κ1) is 12.5. The van der Waals surface area contributed by atoms with Crippen LogP contribution < -0.4 is 0 Å². The van der Waals surface area contributed by atoms with Crippen LogP contribution in [0.25, 0.3) is 0 Å². The summed E-state index contributed by atoms with van der Waals surface area (Å²) in [7, 11) is 0. The van der Waals surface area contributed by atoms with Gasteiger partial charge < -0.3 is 9.47 Å². The second-order valence-electron chi connectivity index (χ2n) is 7.03. The van der Waals surface area contributed by atoms with Gasteiger partial charge in [0, 0.05) is 31.4 Å². The van der Waals surface area contributed by atoms with Crippen molar-refractivity contribution < 1.29 is 4.79 Å². The fourth-order valence-electron chi connectivity index (χ4n) is 4.89. The molecule has 2 fully saturated rings. The van der Waals surface area contributed by atoms with Crippen LogP contribution >= 0.6 is 0 Å². The van der Waals surface area contributed by atoms with Crippen molar-refractivity contribution in [3.8, 4) is 0 Å². The molecule has 108 valence electrons. The zero-order valence-corrected chi connectivity index (χ0v) is 12.3. The molecular formula is C17H24N2O. The molecule has 1 aromatic heterocycles. The Labute approximate surface area is 120 Å². The second-order valence-corrected chi connectivity index (χ2v) is 7.03. The van der Waals surface area contributed by atoms with Gasteiger partial charge in [0.25, 0.3) is 0 Å². The number of aromatic nitrogens is 1. The van der Waals surface area contributed by atoms with E-state index in [0.717, 1.165) is 31.3 Å². The van der Waals surface area contributed by atoms with Crippen molar-refractivity contribution in [2.24, 2.45) is 17.8 Å². The molecule has 1 aliphatic heterocycles. The fraction of sp³-hybridized carbons (Fsp3) is 0.706. The minimum Gasteiger partial charge on any atom is -0.348 e. The Hall–Kier alpha value is -1.25. The van der Waals surface area contributed by atoms with E-state index in [4.69, 9.17) is 0 Å². The number of hydrogen-bond acceptors (Lipinski definition) is 1. The van der Waals surface area contributed by atoms with Crippen molar-refractivity contribution in [1.29, 1.82) is 0 Å². The summed E-state index contributed by atoms with van der Waals surface area (Å²) in [5.74, 6) is 2.87. The number of hydrogen-bond donors (Lipinski definition) is 0. The third-order valence-electron chi connectivity index (χ3n) is 5.98. The Morgan fingerprint density at radius 2 is 2.20 bits per heavy atom. The molecule has 3 nitrogen and oxygen atoms in total. The molecule has 0 N–H and O–H groups in total. The lowest BCUT2D eigenvalue weighted by atomic mass is 9.86. The summed E-state index contributed by atoms with van der Waals surface area (Å²) >= 11 is 0. The van der Waals surface area contributed by atoms with Gasteiger partial charge in [0.05, 0.1) is 6.04 Å². The van der Waals surface area contributed by atoms with Crippen LogP contribution in [-0.2, 0) is 11.3 Å². The molecule has 2 aliphatic carbocycles. The van der Waals surface area contributed by atoms with Crippen LogP contribution in [-0.4, -0.2) is 21.9 Å². The third kappa shape index (κ3) is 1.90. The van der Waals surface area contributed by atoms with E-state index in [-0.39, 0.29) is 6.04 Å². The summed E-state index contributed by atoms with van der Waals surface area (Å²) in [5, 5.41) is 0. The van der Waals surface area contributed by atoms with Gasteiger partial charge in [0.15, 0.2) is 0 Å².